The van der Waals surface area contributed by atoms with Gasteiger partial charge < -0.3 is 21.0 Å². The highest BCUT2D eigenvalue weighted by atomic mass is 16.5. The van der Waals surface area contributed by atoms with E-state index in [4.69, 9.17) is 15.7 Å². The largest absolute Gasteiger partial charge is 0.409 e. The molecule has 1 aromatic rings. The second kappa shape index (κ2) is 8.16. The molecule has 0 aliphatic carbocycles. The van der Waals surface area contributed by atoms with Crippen LogP contribution in [0.3, 0.4) is 0 Å². The summed E-state index contributed by atoms with van der Waals surface area (Å²) in [6.07, 6.45) is 1.19. The number of amidine groups is 1. The van der Waals surface area contributed by atoms with E-state index in [-0.39, 0.29) is 18.2 Å². The van der Waals surface area contributed by atoms with E-state index in [0.29, 0.717) is 24.5 Å². The summed E-state index contributed by atoms with van der Waals surface area (Å²) in [7, 11) is 0. The number of carbonyl (C=O) groups excluding carboxylic acids is 1. The van der Waals surface area contributed by atoms with Gasteiger partial charge in [-0.3, -0.25) is 4.79 Å². The first-order chi connectivity index (χ1) is 9.60. The van der Waals surface area contributed by atoms with Crippen molar-refractivity contribution in [3.63, 3.8) is 0 Å². The molecule has 0 bridgehead atoms. The third kappa shape index (κ3) is 4.55. The van der Waals surface area contributed by atoms with Crippen molar-refractivity contribution in [2.45, 2.75) is 26.7 Å². The Morgan fingerprint density at radius 3 is 2.85 bits per heavy atom. The Morgan fingerprint density at radius 2 is 2.20 bits per heavy atom. The molecule has 6 heteroatoms. The number of amides is 1. The number of aryl methyl sites for hydroxylation is 1. The normalized spacial score (nSPS) is 11.4. The molecule has 0 radical (unpaired) electrons. The van der Waals surface area contributed by atoms with Crippen molar-refractivity contribution in [3.8, 4) is 0 Å². The van der Waals surface area contributed by atoms with E-state index < -0.39 is 0 Å². The van der Waals surface area contributed by atoms with Gasteiger partial charge in [0.25, 0.3) is 0 Å². The van der Waals surface area contributed by atoms with Gasteiger partial charge in [0.15, 0.2) is 5.84 Å². The lowest BCUT2D eigenvalue weighted by Gasteiger charge is -2.12. The molecule has 0 saturated carbocycles. The van der Waals surface area contributed by atoms with E-state index in [9.17, 15) is 4.79 Å². The van der Waals surface area contributed by atoms with Crippen molar-refractivity contribution in [1.82, 2.24) is 0 Å². The third-order valence-corrected chi connectivity index (χ3v) is 2.73. The van der Waals surface area contributed by atoms with Crippen LogP contribution in [0, 0.1) is 6.92 Å². The summed E-state index contributed by atoms with van der Waals surface area (Å²) in [6, 6.07) is 5.34. The Labute approximate surface area is 118 Å². The highest BCUT2D eigenvalue weighted by Crippen LogP contribution is 2.19. The van der Waals surface area contributed by atoms with Crippen LogP contribution in [0.1, 0.15) is 30.9 Å². The van der Waals surface area contributed by atoms with Crippen LogP contribution in [0.5, 0.6) is 0 Å². The molecule has 0 heterocycles. The van der Waals surface area contributed by atoms with E-state index in [1.807, 2.05) is 19.9 Å². The Bertz CT molecular complexity index is 487. The Morgan fingerprint density at radius 1 is 1.45 bits per heavy atom. The average Bonchev–Trinajstić information content (AvgIpc) is 2.43. The number of carbonyl (C=O) groups is 1. The van der Waals surface area contributed by atoms with Crippen LogP contribution >= 0.6 is 0 Å². The molecule has 0 aliphatic heterocycles. The first-order valence-electron chi connectivity index (χ1n) is 6.55. The third-order valence-electron chi connectivity index (χ3n) is 2.73. The van der Waals surface area contributed by atoms with E-state index in [0.717, 1.165) is 12.0 Å². The van der Waals surface area contributed by atoms with Gasteiger partial charge in [-0.15, -0.1) is 0 Å². The molecule has 0 saturated heterocycles. The number of anilines is 1. The zero-order valence-electron chi connectivity index (χ0n) is 11.8. The highest BCUT2D eigenvalue weighted by Gasteiger charge is 2.12. The van der Waals surface area contributed by atoms with E-state index >= 15 is 0 Å². The second-order valence-corrected chi connectivity index (χ2v) is 4.39. The molecule has 1 amide bonds. The van der Waals surface area contributed by atoms with Crippen LogP contribution in [0.15, 0.2) is 23.4 Å². The standard InChI is InChI=1S/C14H21N3O3/c1-3-8-20-9-7-12(18)16-11-6-4-5-10(2)13(11)14(15)17-19/h4-6,19H,3,7-9H2,1-2H3,(H2,15,17)(H,16,18). The molecule has 6 nitrogen and oxygen atoms in total. The number of rotatable bonds is 7. The molecule has 20 heavy (non-hydrogen) atoms. The maximum atomic E-state index is 11.8. The SMILES string of the molecule is CCCOCCC(=O)Nc1cccc(C)c1/C(N)=N/O. The average molecular weight is 279 g/mol. The number of hydrogen-bond donors (Lipinski definition) is 3. The molecular weight excluding hydrogens is 258 g/mol. The Hall–Kier alpha value is -2.08. The van der Waals surface area contributed by atoms with Crippen molar-refractivity contribution in [1.29, 1.82) is 0 Å². The van der Waals surface area contributed by atoms with Crippen molar-refractivity contribution < 1.29 is 14.7 Å². The minimum atomic E-state index is -0.168. The van der Waals surface area contributed by atoms with Crippen molar-refractivity contribution >= 4 is 17.4 Å². The summed E-state index contributed by atoms with van der Waals surface area (Å²) in [5, 5.41) is 14.5. The zero-order valence-corrected chi connectivity index (χ0v) is 11.8. The van der Waals surface area contributed by atoms with Gasteiger partial charge in [-0.05, 0) is 25.0 Å². The van der Waals surface area contributed by atoms with Gasteiger partial charge in [-0.1, -0.05) is 24.2 Å². The maximum absolute atomic E-state index is 11.8. The van der Waals surface area contributed by atoms with Crippen LogP contribution in [-0.4, -0.2) is 30.2 Å². The predicted octanol–water partition coefficient (Wildman–Crippen LogP) is 1.84. The van der Waals surface area contributed by atoms with E-state index in [1.165, 1.54) is 0 Å². The number of ether oxygens (including phenoxy) is 1. The summed E-state index contributed by atoms with van der Waals surface area (Å²) >= 11 is 0. The summed E-state index contributed by atoms with van der Waals surface area (Å²) in [4.78, 5) is 11.8. The quantitative estimate of drug-likeness (QED) is 0.233. The molecule has 0 atom stereocenters. The topological polar surface area (TPSA) is 96.9 Å². The molecule has 0 fully saturated rings. The number of oxime groups is 1. The van der Waals surface area contributed by atoms with Gasteiger partial charge in [0.2, 0.25) is 5.91 Å². The minimum absolute atomic E-state index is 0.0272. The molecule has 0 aromatic heterocycles. The van der Waals surface area contributed by atoms with Crippen molar-refractivity contribution in [3.05, 3.63) is 29.3 Å². The number of benzene rings is 1. The summed E-state index contributed by atoms with van der Waals surface area (Å²) < 4.78 is 5.26. The monoisotopic (exact) mass is 279 g/mol. The fraction of sp³-hybridized carbons (Fsp3) is 0.429. The molecule has 4 N–H and O–H groups in total. The molecule has 1 rings (SSSR count). The second-order valence-electron chi connectivity index (χ2n) is 4.39. The fourth-order valence-corrected chi connectivity index (χ4v) is 1.79. The highest BCUT2D eigenvalue weighted by molar-refractivity contribution is 6.06. The van der Waals surface area contributed by atoms with Gasteiger partial charge in [-0.25, -0.2) is 0 Å². The van der Waals surface area contributed by atoms with Gasteiger partial charge in [0.1, 0.15) is 0 Å². The Balaban J connectivity index is 2.72. The number of nitrogens with two attached hydrogens (primary N) is 1. The lowest BCUT2D eigenvalue weighted by Crippen LogP contribution is -2.21. The summed E-state index contributed by atoms with van der Waals surface area (Å²) in [6.45, 7) is 4.86. The Kier molecular flexibility index (Phi) is 6.52. The summed E-state index contributed by atoms with van der Waals surface area (Å²) in [5.41, 5.74) is 7.51. The molecule has 0 unspecified atom stereocenters. The maximum Gasteiger partial charge on any atom is 0.226 e. The minimum Gasteiger partial charge on any atom is -0.409 e. The molecule has 0 aliphatic rings. The van der Waals surface area contributed by atoms with Crippen LogP contribution in [-0.2, 0) is 9.53 Å². The van der Waals surface area contributed by atoms with Crippen LogP contribution < -0.4 is 11.1 Å². The van der Waals surface area contributed by atoms with Gasteiger partial charge in [0.05, 0.1) is 18.7 Å². The van der Waals surface area contributed by atoms with Crippen LogP contribution in [0.25, 0.3) is 0 Å². The zero-order chi connectivity index (χ0) is 15.0. The molecule has 110 valence electrons. The van der Waals surface area contributed by atoms with E-state index in [2.05, 4.69) is 10.5 Å². The lowest BCUT2D eigenvalue weighted by molar-refractivity contribution is -0.117. The van der Waals surface area contributed by atoms with Crippen LogP contribution in [0.4, 0.5) is 5.69 Å². The summed E-state index contributed by atoms with van der Waals surface area (Å²) in [5.74, 6) is -0.195. The van der Waals surface area contributed by atoms with E-state index in [1.54, 1.807) is 12.1 Å². The van der Waals surface area contributed by atoms with Crippen LogP contribution in [0.2, 0.25) is 0 Å². The molecular formula is C14H21N3O3. The van der Waals surface area contributed by atoms with Crippen molar-refractivity contribution in [2.24, 2.45) is 10.9 Å². The van der Waals surface area contributed by atoms with Crippen molar-refractivity contribution in [2.75, 3.05) is 18.5 Å². The smallest absolute Gasteiger partial charge is 0.226 e. The fourth-order valence-electron chi connectivity index (χ4n) is 1.79. The lowest BCUT2D eigenvalue weighted by atomic mass is 10.1. The first kappa shape index (κ1) is 16.0. The number of nitrogens with zero attached hydrogens (tertiary/aromatic N) is 1. The number of nitrogens with one attached hydrogen (secondary N) is 1. The predicted molar refractivity (Wildman–Crippen MR) is 78.0 cm³/mol. The van der Waals surface area contributed by atoms with Gasteiger partial charge in [-0.2, -0.15) is 0 Å². The van der Waals surface area contributed by atoms with Gasteiger partial charge >= 0.3 is 0 Å². The molecule has 0 spiro atoms. The molecule has 1 aromatic carbocycles. The number of hydrogen-bond acceptors (Lipinski definition) is 4. The van der Waals surface area contributed by atoms with Gasteiger partial charge in [0, 0.05) is 12.2 Å². The first-order valence-corrected chi connectivity index (χ1v) is 6.55.